The minimum Gasteiger partial charge on any atom is -0.490 e. The van der Waals surface area contributed by atoms with Gasteiger partial charge in [0, 0.05) is 37.6 Å². The summed E-state index contributed by atoms with van der Waals surface area (Å²) in [5.74, 6) is 1.69. The van der Waals surface area contributed by atoms with E-state index in [0.717, 1.165) is 49.2 Å². The molecule has 3 heterocycles. The van der Waals surface area contributed by atoms with Crippen LogP contribution in [-0.2, 0) is 9.47 Å². The van der Waals surface area contributed by atoms with Gasteiger partial charge in [-0.15, -0.1) is 0 Å². The van der Waals surface area contributed by atoms with Gasteiger partial charge in [0.2, 0.25) is 0 Å². The Bertz CT molecular complexity index is 1000. The number of nitrogens with zero attached hydrogens (tertiary/aromatic N) is 1. The molecule has 4 rings (SSSR count). The Kier molecular flexibility index (Phi) is 8.68. The van der Waals surface area contributed by atoms with Crippen LogP contribution in [0.3, 0.4) is 0 Å². The first-order valence-corrected chi connectivity index (χ1v) is 14.2. The fraction of sp³-hybridized carbons (Fsp3) is 0.710. The van der Waals surface area contributed by atoms with Crippen LogP contribution in [0, 0.1) is 11.3 Å². The summed E-state index contributed by atoms with van der Waals surface area (Å²) < 4.78 is 25.3. The molecule has 2 fully saturated rings. The monoisotopic (exact) mass is 529 g/mol. The summed E-state index contributed by atoms with van der Waals surface area (Å²) in [6.45, 7) is 14.8. The van der Waals surface area contributed by atoms with Crippen molar-refractivity contribution in [3.8, 4) is 11.5 Å². The molecule has 2 saturated heterocycles. The fourth-order valence-electron chi connectivity index (χ4n) is 6.12. The molecular formula is C31H47NO6. The smallest absolute Gasteiger partial charge is 0.410 e. The Labute approximate surface area is 228 Å². The van der Waals surface area contributed by atoms with Crippen molar-refractivity contribution >= 4 is 6.09 Å². The molecule has 3 aliphatic heterocycles. The van der Waals surface area contributed by atoms with Gasteiger partial charge in [-0.1, -0.05) is 23.8 Å². The van der Waals surface area contributed by atoms with Gasteiger partial charge in [-0.05, 0) is 85.1 Å². The van der Waals surface area contributed by atoms with Crippen LogP contribution in [-0.4, -0.2) is 60.2 Å². The lowest BCUT2D eigenvalue weighted by atomic mass is 9.63. The van der Waals surface area contributed by atoms with Crippen LogP contribution >= 0.6 is 0 Å². The maximum atomic E-state index is 12.7. The van der Waals surface area contributed by atoms with E-state index in [9.17, 15) is 9.90 Å². The highest BCUT2D eigenvalue weighted by Crippen LogP contribution is 2.58. The van der Waals surface area contributed by atoms with E-state index in [-0.39, 0.29) is 30.1 Å². The normalized spacial score (nSPS) is 26.1. The molecule has 7 heteroatoms. The predicted molar refractivity (Wildman–Crippen MR) is 148 cm³/mol. The van der Waals surface area contributed by atoms with E-state index in [1.807, 2.05) is 37.8 Å². The molecule has 212 valence electrons. The number of allylic oxidation sites excluding steroid dienone is 2. The molecule has 0 bridgehead atoms. The van der Waals surface area contributed by atoms with E-state index >= 15 is 0 Å². The summed E-state index contributed by atoms with van der Waals surface area (Å²) in [4.78, 5) is 14.5. The second-order valence-electron chi connectivity index (χ2n) is 12.8. The van der Waals surface area contributed by atoms with Crippen LogP contribution in [0.4, 0.5) is 4.79 Å². The number of aliphatic hydroxyl groups excluding tert-OH is 1. The van der Waals surface area contributed by atoms with Gasteiger partial charge in [-0.2, -0.15) is 0 Å². The first-order chi connectivity index (χ1) is 18.0. The van der Waals surface area contributed by atoms with E-state index in [0.29, 0.717) is 32.7 Å². The van der Waals surface area contributed by atoms with Crippen molar-refractivity contribution in [3.63, 3.8) is 0 Å². The van der Waals surface area contributed by atoms with E-state index in [2.05, 4.69) is 32.9 Å². The zero-order valence-electron chi connectivity index (χ0n) is 24.2. The van der Waals surface area contributed by atoms with E-state index in [1.54, 1.807) is 0 Å². The molecule has 1 aromatic carbocycles. The van der Waals surface area contributed by atoms with Crippen LogP contribution in [0.25, 0.3) is 0 Å². The Morgan fingerprint density at radius 1 is 1.24 bits per heavy atom. The van der Waals surface area contributed by atoms with E-state index < -0.39 is 11.2 Å². The van der Waals surface area contributed by atoms with Crippen molar-refractivity contribution in [3.05, 3.63) is 35.4 Å². The molecule has 1 amide bonds. The van der Waals surface area contributed by atoms with Crippen molar-refractivity contribution in [2.24, 2.45) is 11.3 Å². The van der Waals surface area contributed by atoms with Crippen molar-refractivity contribution in [1.29, 1.82) is 0 Å². The van der Waals surface area contributed by atoms with E-state index in [1.165, 1.54) is 5.57 Å². The molecular weight excluding hydrogens is 482 g/mol. The predicted octanol–water partition coefficient (Wildman–Crippen LogP) is 6.44. The largest absolute Gasteiger partial charge is 0.490 e. The number of aliphatic hydroxyl groups is 1. The molecule has 0 saturated carbocycles. The van der Waals surface area contributed by atoms with Crippen molar-refractivity contribution < 1.29 is 28.8 Å². The SMILES string of the molecule is CC(C)=CCC[C@]1(C)Oc2c(OCCCO)cccc2[C@H]2OCC3(CCN(C(=O)OC(C)(C)C)CC3)C[C@@H]21. The van der Waals surface area contributed by atoms with Crippen LogP contribution < -0.4 is 9.47 Å². The summed E-state index contributed by atoms with van der Waals surface area (Å²) in [5, 5.41) is 9.21. The standard InChI is InChI=1S/C31H47NO6/c1-22(2)10-8-13-30(6)24-20-31(14-16-32(17-15-31)28(34)38-29(3,4)5)21-36-26(24)23-11-7-12-25(27(23)37-30)35-19-9-18-33/h7,10-12,24,26,33H,8-9,13-21H2,1-6H3/t24-,26+,30-/m0/s1. The fourth-order valence-corrected chi connectivity index (χ4v) is 6.12. The van der Waals surface area contributed by atoms with Crippen molar-refractivity contribution in [2.75, 3.05) is 32.9 Å². The number of fused-ring (bicyclic) bond motifs is 3. The molecule has 1 spiro atoms. The quantitative estimate of drug-likeness (QED) is 0.324. The molecule has 1 aromatic rings. The molecule has 0 aromatic heterocycles. The highest BCUT2D eigenvalue weighted by molar-refractivity contribution is 5.68. The van der Waals surface area contributed by atoms with Gasteiger partial charge in [0.25, 0.3) is 0 Å². The van der Waals surface area contributed by atoms with Crippen LogP contribution in [0.15, 0.2) is 29.8 Å². The van der Waals surface area contributed by atoms with Crippen molar-refractivity contribution in [1.82, 2.24) is 4.90 Å². The number of likely N-dealkylation sites (tertiary alicyclic amines) is 1. The Morgan fingerprint density at radius 2 is 1.97 bits per heavy atom. The van der Waals surface area contributed by atoms with Crippen molar-refractivity contribution in [2.45, 2.75) is 97.4 Å². The number of carbonyl (C=O) groups excluding carboxylic acids is 1. The number of carbonyl (C=O) groups is 1. The Balaban J connectivity index is 1.56. The number of ether oxygens (including phenoxy) is 4. The van der Waals surface area contributed by atoms with Gasteiger partial charge >= 0.3 is 6.09 Å². The van der Waals surface area contributed by atoms with Gasteiger partial charge in [-0.3, -0.25) is 0 Å². The molecule has 3 atom stereocenters. The van der Waals surface area contributed by atoms with Crippen LogP contribution in [0.5, 0.6) is 11.5 Å². The molecule has 0 unspecified atom stereocenters. The lowest BCUT2D eigenvalue weighted by molar-refractivity contribution is -0.180. The summed E-state index contributed by atoms with van der Waals surface area (Å²) in [7, 11) is 0. The topological polar surface area (TPSA) is 77.5 Å². The molecule has 0 aliphatic carbocycles. The summed E-state index contributed by atoms with van der Waals surface area (Å²) in [6, 6.07) is 6.06. The van der Waals surface area contributed by atoms with Crippen LogP contribution in [0.1, 0.15) is 91.7 Å². The first kappa shape index (κ1) is 28.8. The van der Waals surface area contributed by atoms with Crippen LogP contribution in [0.2, 0.25) is 0 Å². The average molecular weight is 530 g/mol. The number of benzene rings is 1. The number of hydrogen-bond donors (Lipinski definition) is 1. The summed E-state index contributed by atoms with van der Waals surface area (Å²) in [5.41, 5.74) is 1.47. The maximum Gasteiger partial charge on any atom is 0.410 e. The number of hydrogen-bond acceptors (Lipinski definition) is 6. The van der Waals surface area contributed by atoms with Gasteiger partial charge in [0.15, 0.2) is 11.5 Å². The molecule has 3 aliphatic rings. The lowest BCUT2D eigenvalue weighted by Gasteiger charge is -2.55. The third-order valence-electron chi connectivity index (χ3n) is 8.25. The zero-order valence-corrected chi connectivity index (χ0v) is 24.2. The second kappa shape index (κ2) is 11.5. The Morgan fingerprint density at radius 3 is 2.63 bits per heavy atom. The number of rotatable bonds is 7. The maximum absolute atomic E-state index is 12.7. The highest BCUT2D eigenvalue weighted by Gasteiger charge is 2.55. The van der Waals surface area contributed by atoms with E-state index in [4.69, 9.17) is 18.9 Å². The molecule has 1 N–H and O–H groups in total. The second-order valence-corrected chi connectivity index (χ2v) is 12.8. The number of para-hydroxylation sites is 1. The van der Waals surface area contributed by atoms with Gasteiger partial charge in [-0.25, -0.2) is 4.79 Å². The number of piperidine rings is 1. The molecule has 7 nitrogen and oxygen atoms in total. The highest BCUT2D eigenvalue weighted by atomic mass is 16.6. The average Bonchev–Trinajstić information content (AvgIpc) is 2.84. The summed E-state index contributed by atoms with van der Waals surface area (Å²) in [6.07, 6.45) is 7.18. The number of amides is 1. The third kappa shape index (κ3) is 6.48. The lowest BCUT2D eigenvalue weighted by Crippen LogP contribution is -2.56. The van der Waals surface area contributed by atoms with Gasteiger partial charge in [0.05, 0.1) is 19.3 Å². The minimum atomic E-state index is -0.492. The van der Waals surface area contributed by atoms with Gasteiger partial charge < -0.3 is 29.0 Å². The minimum absolute atomic E-state index is 0.0214. The summed E-state index contributed by atoms with van der Waals surface area (Å²) >= 11 is 0. The molecule has 0 radical (unpaired) electrons. The third-order valence-corrected chi connectivity index (χ3v) is 8.25. The Hall–Kier alpha value is -2.25. The first-order valence-electron chi connectivity index (χ1n) is 14.2. The van der Waals surface area contributed by atoms with Gasteiger partial charge in [0.1, 0.15) is 11.2 Å². The zero-order chi connectivity index (χ0) is 27.6. The molecule has 38 heavy (non-hydrogen) atoms.